The number of aromatic nitrogens is 2. The summed E-state index contributed by atoms with van der Waals surface area (Å²) in [7, 11) is 0. The third-order valence-electron chi connectivity index (χ3n) is 6.79. The average molecular weight is 440 g/mol. The molecule has 7 heteroatoms. The van der Waals surface area contributed by atoms with Gasteiger partial charge < -0.3 is 10.4 Å². The van der Waals surface area contributed by atoms with Crippen LogP contribution in [0.4, 0.5) is 10.2 Å². The quantitative estimate of drug-likeness (QED) is 0.594. The van der Waals surface area contributed by atoms with Gasteiger partial charge in [-0.05, 0) is 85.4 Å². The number of carbonyl (C=O) groups excluding carboxylic acids is 1. The second kappa shape index (κ2) is 7.84. The van der Waals surface area contributed by atoms with Gasteiger partial charge in [0.25, 0.3) is 0 Å². The summed E-state index contributed by atoms with van der Waals surface area (Å²) in [4.78, 5) is 20.9. The molecule has 2 saturated carbocycles. The van der Waals surface area contributed by atoms with Crippen molar-refractivity contribution in [2.45, 2.75) is 43.6 Å². The van der Waals surface area contributed by atoms with Gasteiger partial charge in [0, 0.05) is 17.8 Å². The first-order valence-corrected chi connectivity index (χ1v) is 10.9. The molecule has 4 atom stereocenters. The average Bonchev–Trinajstić information content (AvgIpc) is 3.23. The zero-order valence-electron chi connectivity index (χ0n) is 16.9. The van der Waals surface area contributed by atoms with Gasteiger partial charge in [-0.2, -0.15) is 0 Å². The van der Waals surface area contributed by atoms with E-state index < -0.39 is 5.60 Å². The standard InChI is InChI=1S/C24H23ClFN3O2/c25-17-1-4-22(28-13-17)29-23(30)12-24(31)10-15-7-14(8-16(15)11-24)19-5-6-27-21-3-2-18(26)9-20(19)21/h1-6,9,13-16,31H,7-8,10-12H2,(H,28,29,30)/t14-,15-,16+,24?. The number of pyridine rings is 2. The molecule has 0 spiro atoms. The van der Waals surface area contributed by atoms with E-state index in [1.807, 2.05) is 6.07 Å². The third kappa shape index (κ3) is 4.14. The van der Waals surface area contributed by atoms with E-state index in [-0.39, 0.29) is 18.1 Å². The van der Waals surface area contributed by atoms with Crippen LogP contribution in [0.25, 0.3) is 10.9 Å². The summed E-state index contributed by atoms with van der Waals surface area (Å²) in [6.45, 7) is 0. The van der Waals surface area contributed by atoms with Crippen molar-refractivity contribution in [2.24, 2.45) is 11.8 Å². The summed E-state index contributed by atoms with van der Waals surface area (Å²) in [6.07, 6.45) is 6.39. The summed E-state index contributed by atoms with van der Waals surface area (Å²) >= 11 is 5.82. The number of hydrogen-bond acceptors (Lipinski definition) is 4. The van der Waals surface area contributed by atoms with Crippen LogP contribution in [0.1, 0.15) is 43.6 Å². The normalized spacial score (nSPS) is 27.4. The highest BCUT2D eigenvalue weighted by molar-refractivity contribution is 6.30. The lowest BCUT2D eigenvalue weighted by atomic mass is 9.87. The highest BCUT2D eigenvalue weighted by Crippen LogP contribution is 2.55. The second-order valence-electron chi connectivity index (χ2n) is 8.97. The number of halogens is 2. The number of hydrogen-bond donors (Lipinski definition) is 2. The Morgan fingerprint density at radius 2 is 1.94 bits per heavy atom. The van der Waals surface area contributed by atoms with Gasteiger partial charge in [0.2, 0.25) is 5.91 Å². The van der Waals surface area contributed by atoms with Gasteiger partial charge in [0.05, 0.1) is 22.6 Å². The highest BCUT2D eigenvalue weighted by Gasteiger charge is 2.49. The maximum absolute atomic E-state index is 13.8. The molecule has 2 aromatic heterocycles. The lowest BCUT2D eigenvalue weighted by Gasteiger charge is -2.24. The van der Waals surface area contributed by atoms with E-state index in [9.17, 15) is 14.3 Å². The van der Waals surface area contributed by atoms with Crippen molar-refractivity contribution in [3.63, 3.8) is 0 Å². The summed E-state index contributed by atoms with van der Waals surface area (Å²) in [5, 5.41) is 15.2. The number of nitrogens with zero attached hydrogens (tertiary/aromatic N) is 2. The molecule has 2 N–H and O–H groups in total. The first kappa shape index (κ1) is 20.3. The van der Waals surface area contributed by atoms with Gasteiger partial charge in [0.1, 0.15) is 11.6 Å². The van der Waals surface area contributed by atoms with Crippen LogP contribution in [-0.2, 0) is 4.79 Å². The van der Waals surface area contributed by atoms with Crippen LogP contribution in [0.15, 0.2) is 48.8 Å². The van der Waals surface area contributed by atoms with E-state index in [4.69, 9.17) is 11.6 Å². The Hall–Kier alpha value is -2.57. The number of amides is 1. The van der Waals surface area contributed by atoms with Crippen molar-refractivity contribution in [3.05, 3.63) is 65.2 Å². The van der Waals surface area contributed by atoms with Crippen molar-refractivity contribution in [1.82, 2.24) is 9.97 Å². The molecule has 1 unspecified atom stereocenters. The van der Waals surface area contributed by atoms with Crippen LogP contribution < -0.4 is 5.32 Å². The number of fused-ring (bicyclic) bond motifs is 2. The lowest BCUT2D eigenvalue weighted by molar-refractivity contribution is -0.121. The number of anilines is 1. The van der Waals surface area contributed by atoms with E-state index in [0.717, 1.165) is 29.3 Å². The van der Waals surface area contributed by atoms with Crippen LogP contribution in [0.3, 0.4) is 0 Å². The first-order chi connectivity index (χ1) is 14.9. The predicted octanol–water partition coefficient (Wildman–Crippen LogP) is 5.09. The minimum Gasteiger partial charge on any atom is -0.389 e. The SMILES string of the molecule is O=C(CC1(O)C[C@H]2C[C@@H](c3ccnc4ccc(F)cc34)C[C@H]2C1)Nc1ccc(Cl)cn1. The van der Waals surface area contributed by atoms with Crippen LogP contribution in [0.2, 0.25) is 5.02 Å². The zero-order valence-corrected chi connectivity index (χ0v) is 17.6. The van der Waals surface area contributed by atoms with E-state index >= 15 is 0 Å². The third-order valence-corrected chi connectivity index (χ3v) is 7.01. The van der Waals surface area contributed by atoms with Crippen LogP contribution in [0.5, 0.6) is 0 Å². The van der Waals surface area contributed by atoms with Gasteiger partial charge in [-0.15, -0.1) is 0 Å². The van der Waals surface area contributed by atoms with Gasteiger partial charge in [-0.1, -0.05) is 11.6 Å². The predicted molar refractivity (Wildman–Crippen MR) is 117 cm³/mol. The van der Waals surface area contributed by atoms with Crippen LogP contribution in [0, 0.1) is 17.7 Å². The maximum Gasteiger partial charge on any atom is 0.228 e. The lowest BCUT2D eigenvalue weighted by Crippen LogP contribution is -2.32. The molecule has 5 rings (SSSR count). The van der Waals surface area contributed by atoms with E-state index in [0.29, 0.717) is 41.4 Å². The molecule has 2 heterocycles. The van der Waals surface area contributed by atoms with Gasteiger partial charge in [-0.3, -0.25) is 9.78 Å². The van der Waals surface area contributed by atoms with Crippen LogP contribution >= 0.6 is 11.6 Å². The number of benzene rings is 1. The summed E-state index contributed by atoms with van der Waals surface area (Å²) in [5.41, 5.74) is 0.942. The molecule has 1 aromatic carbocycles. The molecular weight excluding hydrogens is 417 g/mol. The fourth-order valence-corrected chi connectivity index (χ4v) is 5.71. The molecule has 3 aromatic rings. The second-order valence-corrected chi connectivity index (χ2v) is 9.41. The Balaban J connectivity index is 1.25. The molecular formula is C24H23ClFN3O2. The summed E-state index contributed by atoms with van der Waals surface area (Å²) in [5.74, 6) is 0.952. The van der Waals surface area contributed by atoms with Crippen molar-refractivity contribution in [1.29, 1.82) is 0 Å². The van der Waals surface area contributed by atoms with Gasteiger partial charge in [0.15, 0.2) is 0 Å². The molecule has 5 nitrogen and oxygen atoms in total. The Kier molecular flexibility index (Phi) is 5.15. The Morgan fingerprint density at radius 3 is 2.65 bits per heavy atom. The molecule has 1 amide bonds. The van der Waals surface area contributed by atoms with Crippen molar-refractivity contribution in [3.8, 4) is 0 Å². The molecule has 0 aliphatic heterocycles. The van der Waals surface area contributed by atoms with Crippen LogP contribution in [-0.4, -0.2) is 26.6 Å². The molecule has 2 aliphatic rings. The molecule has 2 fully saturated rings. The molecule has 0 radical (unpaired) electrons. The summed E-state index contributed by atoms with van der Waals surface area (Å²) in [6, 6.07) is 10.0. The number of aliphatic hydroxyl groups is 1. The fraction of sp³-hybridized carbons (Fsp3) is 0.375. The highest BCUT2D eigenvalue weighted by atomic mass is 35.5. The molecule has 2 aliphatic carbocycles. The Morgan fingerprint density at radius 1 is 1.16 bits per heavy atom. The smallest absolute Gasteiger partial charge is 0.228 e. The topological polar surface area (TPSA) is 75.1 Å². The van der Waals surface area contributed by atoms with Crippen molar-refractivity contribution >= 4 is 34.2 Å². The zero-order chi connectivity index (χ0) is 21.6. The number of rotatable bonds is 4. The monoisotopic (exact) mass is 439 g/mol. The molecule has 0 saturated heterocycles. The fourth-order valence-electron chi connectivity index (χ4n) is 5.60. The summed E-state index contributed by atoms with van der Waals surface area (Å²) < 4.78 is 13.8. The van der Waals surface area contributed by atoms with E-state index in [1.165, 1.54) is 12.3 Å². The molecule has 0 bridgehead atoms. The molecule has 160 valence electrons. The molecule has 31 heavy (non-hydrogen) atoms. The minimum absolute atomic E-state index is 0.0539. The maximum atomic E-state index is 13.8. The Bertz CT molecular complexity index is 1120. The largest absolute Gasteiger partial charge is 0.389 e. The van der Waals surface area contributed by atoms with Gasteiger partial charge in [-0.25, -0.2) is 9.37 Å². The number of nitrogens with one attached hydrogen (secondary N) is 1. The van der Waals surface area contributed by atoms with E-state index in [2.05, 4.69) is 15.3 Å². The first-order valence-electron chi connectivity index (χ1n) is 10.6. The van der Waals surface area contributed by atoms with Crippen molar-refractivity contribution < 1.29 is 14.3 Å². The Labute approximate surface area is 184 Å². The van der Waals surface area contributed by atoms with Gasteiger partial charge >= 0.3 is 0 Å². The van der Waals surface area contributed by atoms with E-state index in [1.54, 1.807) is 30.5 Å². The van der Waals surface area contributed by atoms with Crippen molar-refractivity contribution in [2.75, 3.05) is 5.32 Å². The number of carbonyl (C=O) groups is 1. The minimum atomic E-state index is -0.997.